The third kappa shape index (κ3) is 9.36. The molecule has 0 spiro atoms. The normalized spacial score (nSPS) is 7.00. The summed E-state index contributed by atoms with van der Waals surface area (Å²) in [5.41, 5.74) is 0. The summed E-state index contributed by atoms with van der Waals surface area (Å²) in [6.07, 6.45) is 0. The molecule has 0 fully saturated rings. The van der Waals surface area contributed by atoms with Crippen LogP contribution in [0, 0.1) is 0 Å². The van der Waals surface area contributed by atoms with E-state index in [4.69, 9.17) is 0 Å². The molecule has 0 aliphatic heterocycles. The molecule has 0 atom stereocenters. The standard InChI is InChI=1S/2CO2.2Mn/c2*2-1-3;;/q2*-1;;+2. The summed E-state index contributed by atoms with van der Waals surface area (Å²) in [5, 5.41) is 18.6. The molecule has 1 radical (unpaired) electrons. The van der Waals surface area contributed by atoms with Crippen molar-refractivity contribution < 1.29 is 51.8 Å². The topological polar surface area (TPSA) is 80.3 Å². The van der Waals surface area contributed by atoms with Gasteiger partial charge in [-0.2, -0.15) is 0 Å². The minimum atomic E-state index is -1.59. The van der Waals surface area contributed by atoms with Crippen LogP contribution >= 0.6 is 0 Å². The molecule has 0 aromatic rings. The van der Waals surface area contributed by atoms with Gasteiger partial charge in [0.25, 0.3) is 0 Å². The number of hydrogen-bond donors (Lipinski definition) is 0. The number of carbonyl (C=O) groups is 2. The van der Waals surface area contributed by atoms with Crippen molar-refractivity contribution in [3.8, 4) is 0 Å². The molecule has 0 aromatic heterocycles. The smallest absolute Gasteiger partial charge is 2.00 e. The van der Waals surface area contributed by atoms with Gasteiger partial charge in [0.2, 0.25) is 0 Å². The molecule has 46 valence electrons. The minimum absolute atomic E-state index is 0. The first kappa shape index (κ1) is 10.9. The van der Waals surface area contributed by atoms with E-state index >= 15 is 0 Å². The van der Waals surface area contributed by atoms with Crippen LogP contribution in [0.2, 0.25) is 0 Å². The SMILES string of the molecule is O=[C]([O-])[Mn][C](=O)[O-].[Mn+2]. The van der Waals surface area contributed by atoms with E-state index in [0.717, 1.165) is 0 Å². The molecule has 6 heteroatoms. The molecule has 4 nitrogen and oxygen atoms in total. The molecule has 0 unspecified atom stereocenters. The third-order valence-corrected chi connectivity index (χ3v) is 0.636. The molecule has 0 amide bonds. The quantitative estimate of drug-likeness (QED) is 0.469. The number of rotatable bonds is 2. The first-order chi connectivity index (χ1) is 3.13. The Morgan fingerprint density at radius 2 is 1.38 bits per heavy atom. The summed E-state index contributed by atoms with van der Waals surface area (Å²) < 4.78 is 0. The molecule has 0 aliphatic carbocycles. The van der Waals surface area contributed by atoms with Gasteiger partial charge in [-0.05, 0) is 0 Å². The van der Waals surface area contributed by atoms with Crippen molar-refractivity contribution in [3.63, 3.8) is 0 Å². The zero-order chi connectivity index (χ0) is 5.86. The fourth-order valence-electron chi connectivity index (χ4n) is 0.0630. The van der Waals surface area contributed by atoms with Crippen molar-refractivity contribution in [2.45, 2.75) is 0 Å². The maximum atomic E-state index is 9.29. The fraction of sp³-hybridized carbons (Fsp3) is 0. The van der Waals surface area contributed by atoms with Crippen molar-refractivity contribution in [1.29, 1.82) is 0 Å². The molecule has 0 saturated carbocycles. The minimum Gasteiger partial charge on any atom is 2.00 e. The molecule has 8 heavy (non-hydrogen) atoms. The van der Waals surface area contributed by atoms with Gasteiger partial charge in [0.05, 0.1) is 0 Å². The zero-order valence-corrected chi connectivity index (χ0v) is 5.75. The van der Waals surface area contributed by atoms with E-state index in [1.54, 1.807) is 0 Å². The van der Waals surface area contributed by atoms with Crippen molar-refractivity contribution in [3.05, 3.63) is 0 Å². The largest absolute Gasteiger partial charge is 2.00 e. The fourth-order valence-corrected chi connectivity index (χ4v) is 0.260. The van der Waals surface area contributed by atoms with Crippen molar-refractivity contribution in [2.24, 2.45) is 0 Å². The zero-order valence-electron chi connectivity index (χ0n) is 3.39. The van der Waals surface area contributed by atoms with Crippen LogP contribution in [0.15, 0.2) is 0 Å². The van der Waals surface area contributed by atoms with Gasteiger partial charge in [-0.15, -0.1) is 0 Å². The Labute approximate surface area is 61.9 Å². The van der Waals surface area contributed by atoms with Crippen LogP contribution in [-0.2, 0) is 32.0 Å². The van der Waals surface area contributed by atoms with Gasteiger partial charge in [0.1, 0.15) is 0 Å². The van der Waals surface area contributed by atoms with E-state index in [-0.39, 0.29) is 17.1 Å². The average molecular weight is 198 g/mol. The van der Waals surface area contributed by atoms with Gasteiger partial charge in [-0.1, -0.05) is 0 Å². The van der Waals surface area contributed by atoms with Crippen LogP contribution in [0.4, 0.5) is 9.59 Å². The van der Waals surface area contributed by atoms with E-state index in [1.165, 1.54) is 0 Å². The van der Waals surface area contributed by atoms with Gasteiger partial charge in [-0.25, -0.2) is 0 Å². The Kier molecular flexibility index (Phi) is 6.96. The van der Waals surface area contributed by atoms with Gasteiger partial charge in [-0.3, -0.25) is 0 Å². The van der Waals surface area contributed by atoms with E-state index in [2.05, 4.69) is 0 Å². The van der Waals surface area contributed by atoms with Crippen LogP contribution < -0.4 is 10.2 Å². The van der Waals surface area contributed by atoms with E-state index < -0.39 is 24.7 Å². The van der Waals surface area contributed by atoms with Gasteiger partial charge >= 0.3 is 61.6 Å². The molecular weight excluding hydrogens is 198 g/mol. The summed E-state index contributed by atoms with van der Waals surface area (Å²) >= 11 is -1.27. The van der Waals surface area contributed by atoms with Crippen LogP contribution in [0.25, 0.3) is 0 Å². The number of carboxylic acid groups (broad SMARTS) is 2. The van der Waals surface area contributed by atoms with Crippen LogP contribution in [0.5, 0.6) is 0 Å². The molecule has 0 aliphatic rings. The number of carbonyl (C=O) groups excluding carboxylic acids is 2. The maximum absolute atomic E-state index is 9.29. The molecule has 0 rings (SSSR count). The molecular formula is C2Mn2O4. The maximum Gasteiger partial charge on any atom is 2.00 e. The molecule has 0 bridgehead atoms. The summed E-state index contributed by atoms with van der Waals surface area (Å²) in [6, 6.07) is 0. The monoisotopic (exact) mass is 198 g/mol. The molecule has 0 heterocycles. The molecule has 0 saturated heterocycles. The second-order valence-corrected chi connectivity index (χ2v) is 1.83. The first-order valence-electron chi connectivity index (χ1n) is 1.19. The Hall–Kier alpha value is -0.0210. The average Bonchev–Trinajstić information content (AvgIpc) is 1.27. The van der Waals surface area contributed by atoms with Crippen LogP contribution in [0.1, 0.15) is 0 Å². The van der Waals surface area contributed by atoms with Crippen LogP contribution in [0.3, 0.4) is 0 Å². The predicted molar refractivity (Wildman–Crippen MR) is 10.8 cm³/mol. The second-order valence-electron chi connectivity index (χ2n) is 0.570. The molecule has 0 N–H and O–H groups in total. The summed E-state index contributed by atoms with van der Waals surface area (Å²) in [5.74, 6) is 0. The Morgan fingerprint density at radius 3 is 1.38 bits per heavy atom. The van der Waals surface area contributed by atoms with Crippen LogP contribution in [-0.4, -0.2) is 9.74 Å². The summed E-state index contributed by atoms with van der Waals surface area (Å²) in [7, 11) is 0. The second kappa shape index (κ2) is 5.12. The van der Waals surface area contributed by atoms with Crippen molar-refractivity contribution in [1.82, 2.24) is 0 Å². The first-order valence-corrected chi connectivity index (χ1v) is 2.37. The third-order valence-electron chi connectivity index (χ3n) is 0.154. The Morgan fingerprint density at radius 1 is 1.12 bits per heavy atom. The summed E-state index contributed by atoms with van der Waals surface area (Å²) in [4.78, 5) is 15.4. The Bertz CT molecular complexity index is 88.2. The number of hydrogen-bond acceptors (Lipinski definition) is 4. The van der Waals surface area contributed by atoms with Crippen molar-refractivity contribution >= 4 is 9.74 Å². The van der Waals surface area contributed by atoms with E-state index in [9.17, 15) is 19.8 Å². The van der Waals surface area contributed by atoms with Crippen molar-refractivity contribution in [2.75, 3.05) is 0 Å². The summed E-state index contributed by atoms with van der Waals surface area (Å²) in [6.45, 7) is 0. The Balaban J connectivity index is 0. The van der Waals surface area contributed by atoms with Gasteiger partial charge in [0.15, 0.2) is 0 Å². The molecule has 0 aromatic carbocycles. The van der Waals surface area contributed by atoms with E-state index in [1.807, 2.05) is 0 Å². The predicted octanol–water partition coefficient (Wildman–Crippen LogP) is -2.25. The van der Waals surface area contributed by atoms with Gasteiger partial charge < -0.3 is 0 Å². The van der Waals surface area contributed by atoms with Gasteiger partial charge in [0, 0.05) is 0 Å². The van der Waals surface area contributed by atoms with E-state index in [0.29, 0.717) is 0 Å².